The van der Waals surface area contributed by atoms with Crippen molar-refractivity contribution in [1.82, 2.24) is 4.90 Å². The Bertz CT molecular complexity index is 797. The highest BCUT2D eigenvalue weighted by atomic mass is 35.5. The van der Waals surface area contributed by atoms with Crippen molar-refractivity contribution in [2.75, 3.05) is 31.1 Å². The highest BCUT2D eigenvalue weighted by Gasteiger charge is 2.42. The zero-order chi connectivity index (χ0) is 19.0. The van der Waals surface area contributed by atoms with Crippen LogP contribution in [-0.2, 0) is 6.18 Å². The number of halogens is 4. The first-order valence-electron chi connectivity index (χ1n) is 8.87. The van der Waals surface area contributed by atoms with E-state index in [1.54, 1.807) is 0 Å². The molecule has 1 unspecified atom stereocenters. The largest absolute Gasteiger partial charge is 0.492 e. The van der Waals surface area contributed by atoms with E-state index in [4.69, 9.17) is 16.3 Å². The number of benzene rings is 2. The van der Waals surface area contributed by atoms with Crippen molar-refractivity contribution in [3.05, 3.63) is 59.1 Å². The summed E-state index contributed by atoms with van der Waals surface area (Å²) >= 11 is 5.96. The third kappa shape index (κ3) is 4.01. The van der Waals surface area contributed by atoms with Crippen molar-refractivity contribution in [2.45, 2.75) is 24.7 Å². The van der Waals surface area contributed by atoms with Crippen molar-refractivity contribution in [1.29, 1.82) is 0 Å². The highest BCUT2D eigenvalue weighted by molar-refractivity contribution is 6.30. The van der Waals surface area contributed by atoms with E-state index in [1.807, 2.05) is 24.3 Å². The first-order valence-corrected chi connectivity index (χ1v) is 9.25. The molecule has 0 saturated carbocycles. The second-order valence-corrected chi connectivity index (χ2v) is 7.41. The summed E-state index contributed by atoms with van der Waals surface area (Å²) in [5.74, 6) is 0.206. The average molecular weight is 396 g/mol. The fourth-order valence-electron chi connectivity index (χ4n) is 3.95. The molecule has 0 N–H and O–H groups in total. The molecule has 143 valence electrons. The number of anilines is 1. The normalized spacial score (nSPS) is 22.4. The number of nitrogens with zero attached hydrogens (tertiary/aromatic N) is 2. The van der Waals surface area contributed by atoms with Crippen LogP contribution in [-0.4, -0.2) is 43.2 Å². The summed E-state index contributed by atoms with van der Waals surface area (Å²) < 4.78 is 43.8. The van der Waals surface area contributed by atoms with Crippen LogP contribution in [0, 0.1) is 6.07 Å². The van der Waals surface area contributed by atoms with Crippen molar-refractivity contribution in [2.24, 2.45) is 0 Å². The minimum absolute atomic E-state index is 0.206. The van der Waals surface area contributed by atoms with Gasteiger partial charge in [-0.25, -0.2) is 0 Å². The molecule has 0 amide bonds. The van der Waals surface area contributed by atoms with E-state index in [9.17, 15) is 13.2 Å². The molecule has 2 fully saturated rings. The van der Waals surface area contributed by atoms with Crippen molar-refractivity contribution in [3.63, 3.8) is 0 Å². The fourth-order valence-corrected chi connectivity index (χ4v) is 4.08. The van der Waals surface area contributed by atoms with Gasteiger partial charge >= 0.3 is 6.18 Å². The van der Waals surface area contributed by atoms with E-state index >= 15 is 0 Å². The van der Waals surface area contributed by atoms with E-state index in [0.717, 1.165) is 36.7 Å². The van der Waals surface area contributed by atoms with Crippen LogP contribution in [0.4, 0.5) is 18.9 Å². The summed E-state index contributed by atoms with van der Waals surface area (Å²) in [6, 6.07) is 14.7. The summed E-state index contributed by atoms with van der Waals surface area (Å²) in [7, 11) is 0. The van der Waals surface area contributed by atoms with Gasteiger partial charge in [0.1, 0.15) is 12.4 Å². The Hall–Kier alpha value is -1.92. The van der Waals surface area contributed by atoms with E-state index in [0.29, 0.717) is 25.2 Å². The maximum atomic E-state index is 12.7. The Morgan fingerprint density at radius 1 is 1.11 bits per heavy atom. The van der Waals surface area contributed by atoms with Gasteiger partial charge in [0.25, 0.3) is 0 Å². The second-order valence-electron chi connectivity index (χ2n) is 6.97. The first kappa shape index (κ1) is 18.4. The molecule has 2 atom stereocenters. The van der Waals surface area contributed by atoms with Crippen LogP contribution in [0.25, 0.3) is 0 Å². The van der Waals surface area contributed by atoms with Gasteiger partial charge in [-0.1, -0.05) is 11.6 Å². The Morgan fingerprint density at radius 2 is 1.89 bits per heavy atom. The van der Waals surface area contributed by atoms with Gasteiger partial charge in [0.2, 0.25) is 0 Å². The van der Waals surface area contributed by atoms with Crippen LogP contribution in [0.5, 0.6) is 5.75 Å². The fraction of sp³-hybridized carbons (Fsp3) is 0.400. The average Bonchev–Trinajstić information content (AvgIpc) is 3.22. The van der Waals surface area contributed by atoms with Crippen LogP contribution < -0.4 is 9.64 Å². The molecule has 4 rings (SSSR count). The first-order chi connectivity index (χ1) is 12.9. The molecule has 0 spiro atoms. The molecule has 27 heavy (non-hydrogen) atoms. The monoisotopic (exact) mass is 395 g/mol. The summed E-state index contributed by atoms with van der Waals surface area (Å²) in [5.41, 5.74) is 0.445. The summed E-state index contributed by atoms with van der Waals surface area (Å²) in [6.45, 7) is 2.94. The molecule has 2 heterocycles. The Kier molecular flexibility index (Phi) is 4.95. The molecule has 2 aliphatic rings. The lowest BCUT2D eigenvalue weighted by atomic mass is 10.2. The molecule has 1 radical (unpaired) electrons. The minimum Gasteiger partial charge on any atom is -0.492 e. The van der Waals surface area contributed by atoms with E-state index in [2.05, 4.69) is 15.9 Å². The SMILES string of the molecule is FC(F)(F)c1c[c]cc(OCCN2C[C@@H]3CC2CN3c2ccc(Cl)cc2)c1. The summed E-state index contributed by atoms with van der Waals surface area (Å²) in [4.78, 5) is 4.76. The second kappa shape index (κ2) is 7.24. The molecule has 2 aromatic rings. The number of rotatable bonds is 5. The highest BCUT2D eigenvalue weighted by Crippen LogP contribution is 2.35. The predicted molar refractivity (Wildman–Crippen MR) is 98.3 cm³/mol. The van der Waals surface area contributed by atoms with Crippen molar-refractivity contribution < 1.29 is 17.9 Å². The lowest BCUT2D eigenvalue weighted by molar-refractivity contribution is -0.137. The molecule has 2 saturated heterocycles. The number of alkyl halides is 3. The van der Waals surface area contributed by atoms with Gasteiger partial charge in [-0.2, -0.15) is 13.2 Å². The molecular formula is C20H19ClF3N2O. The molecule has 2 aromatic carbocycles. The van der Waals surface area contributed by atoms with E-state index in [-0.39, 0.29) is 5.75 Å². The van der Waals surface area contributed by atoms with Crippen LogP contribution in [0.3, 0.4) is 0 Å². The Morgan fingerprint density at radius 3 is 2.56 bits per heavy atom. The molecule has 0 aromatic heterocycles. The van der Waals surface area contributed by atoms with Gasteiger partial charge in [0.05, 0.1) is 5.56 Å². The number of ether oxygens (including phenoxy) is 1. The van der Waals surface area contributed by atoms with Gasteiger partial charge in [-0.05, 0) is 55.0 Å². The van der Waals surface area contributed by atoms with Crippen molar-refractivity contribution in [3.8, 4) is 5.75 Å². The Balaban J connectivity index is 1.29. The van der Waals surface area contributed by atoms with Crippen LogP contribution in [0.1, 0.15) is 12.0 Å². The van der Waals surface area contributed by atoms with Crippen molar-refractivity contribution >= 4 is 17.3 Å². The Labute approximate surface area is 161 Å². The van der Waals surface area contributed by atoms with E-state index in [1.165, 1.54) is 11.8 Å². The predicted octanol–water partition coefficient (Wildman–Crippen LogP) is 4.50. The zero-order valence-corrected chi connectivity index (χ0v) is 15.3. The topological polar surface area (TPSA) is 15.7 Å². The quantitative estimate of drug-likeness (QED) is 0.741. The number of fused-ring (bicyclic) bond motifs is 2. The lowest BCUT2D eigenvalue weighted by Gasteiger charge is -2.35. The third-order valence-corrected chi connectivity index (χ3v) is 5.50. The number of hydrogen-bond donors (Lipinski definition) is 0. The maximum absolute atomic E-state index is 12.7. The molecule has 0 aliphatic carbocycles. The molecule has 2 bridgehead atoms. The number of likely N-dealkylation sites (tertiary alicyclic amines) is 1. The van der Waals surface area contributed by atoms with Gasteiger partial charge in [0, 0.05) is 42.4 Å². The maximum Gasteiger partial charge on any atom is 0.416 e. The zero-order valence-electron chi connectivity index (χ0n) is 14.5. The van der Waals surface area contributed by atoms with Gasteiger partial charge in [-0.3, -0.25) is 4.90 Å². The summed E-state index contributed by atoms with van der Waals surface area (Å²) in [6.07, 6.45) is -3.28. The molecule has 2 aliphatic heterocycles. The standard InChI is InChI=1S/C20H19ClF3N2O/c21-15-4-6-16(7-5-15)26-13-17-11-18(26)12-25(17)8-9-27-19-3-1-2-14(10-19)20(22,23)24/h2-7,10,17-18H,8-9,11-13H2/t17?,18-/m0/s1. The smallest absolute Gasteiger partial charge is 0.416 e. The number of piperazine rings is 1. The number of hydrogen-bond acceptors (Lipinski definition) is 3. The van der Waals surface area contributed by atoms with Crippen LogP contribution in [0.2, 0.25) is 5.02 Å². The summed E-state index contributed by atoms with van der Waals surface area (Å²) in [5, 5.41) is 0.730. The van der Waals surface area contributed by atoms with Gasteiger partial charge in [-0.15, -0.1) is 0 Å². The molecule has 7 heteroatoms. The lowest BCUT2D eigenvalue weighted by Crippen LogP contribution is -2.47. The van der Waals surface area contributed by atoms with Crippen LogP contribution >= 0.6 is 11.6 Å². The molecule has 3 nitrogen and oxygen atoms in total. The van der Waals surface area contributed by atoms with Gasteiger partial charge < -0.3 is 9.64 Å². The van der Waals surface area contributed by atoms with Gasteiger partial charge in [0.15, 0.2) is 0 Å². The minimum atomic E-state index is -4.38. The molecular weight excluding hydrogens is 377 g/mol. The van der Waals surface area contributed by atoms with Crippen LogP contribution in [0.15, 0.2) is 42.5 Å². The van der Waals surface area contributed by atoms with E-state index < -0.39 is 11.7 Å². The third-order valence-electron chi connectivity index (χ3n) is 5.25.